The number of halogens is 1. The average molecular weight is 237 g/mol. The third-order valence-electron chi connectivity index (χ3n) is 2.08. The zero-order valence-corrected chi connectivity index (χ0v) is 9.25. The monoisotopic (exact) mass is 237 g/mol. The largest absolute Gasteiger partial charge is 0.497 e. The van der Waals surface area contributed by atoms with Gasteiger partial charge in [-0.25, -0.2) is 4.39 Å². The molecule has 5 heteroatoms. The van der Waals surface area contributed by atoms with Crippen LogP contribution in [0.25, 0.3) is 0 Å². The molecule has 0 bridgehead atoms. The van der Waals surface area contributed by atoms with Crippen molar-refractivity contribution < 1.29 is 13.9 Å². The number of carbonyl (C=O) groups is 1. The second-order valence-electron chi connectivity index (χ2n) is 3.04. The van der Waals surface area contributed by atoms with E-state index in [0.717, 1.165) is 0 Å². The van der Waals surface area contributed by atoms with Crippen LogP contribution in [0.15, 0.2) is 29.9 Å². The van der Waals surface area contributed by atoms with Crippen LogP contribution in [0.2, 0.25) is 0 Å². The molecular formula is C11H8FNO2S. The summed E-state index contributed by atoms with van der Waals surface area (Å²) in [6.07, 6.45) is 1.43. The Bertz CT molecular complexity index is 511. The number of aromatic nitrogens is 1. The van der Waals surface area contributed by atoms with E-state index in [-0.39, 0.29) is 11.3 Å². The number of nitrogens with zero attached hydrogens (tertiary/aromatic N) is 1. The minimum atomic E-state index is -0.585. The van der Waals surface area contributed by atoms with Crippen molar-refractivity contribution in [3.63, 3.8) is 0 Å². The first-order chi connectivity index (χ1) is 7.72. The third kappa shape index (κ3) is 1.94. The molecule has 16 heavy (non-hydrogen) atoms. The van der Waals surface area contributed by atoms with Crippen LogP contribution in [0.4, 0.5) is 4.39 Å². The number of methoxy groups -OCH3 is 1. The predicted molar refractivity (Wildman–Crippen MR) is 58.5 cm³/mol. The lowest BCUT2D eigenvalue weighted by atomic mass is 10.1. The van der Waals surface area contributed by atoms with Gasteiger partial charge in [0, 0.05) is 12.3 Å². The van der Waals surface area contributed by atoms with E-state index < -0.39 is 5.82 Å². The van der Waals surface area contributed by atoms with Crippen LogP contribution in [0.5, 0.6) is 5.75 Å². The van der Waals surface area contributed by atoms with Crippen molar-refractivity contribution >= 4 is 17.1 Å². The molecule has 0 amide bonds. The summed E-state index contributed by atoms with van der Waals surface area (Å²) in [7, 11) is 1.44. The highest BCUT2D eigenvalue weighted by atomic mass is 32.1. The van der Waals surface area contributed by atoms with Gasteiger partial charge in [-0.05, 0) is 12.1 Å². The van der Waals surface area contributed by atoms with E-state index >= 15 is 0 Å². The van der Waals surface area contributed by atoms with E-state index in [1.54, 1.807) is 6.07 Å². The number of carbonyl (C=O) groups excluding carboxylic acids is 1. The molecule has 0 saturated carbocycles. The van der Waals surface area contributed by atoms with Crippen molar-refractivity contribution in [2.24, 2.45) is 0 Å². The summed E-state index contributed by atoms with van der Waals surface area (Å²) in [4.78, 5) is 16.0. The Morgan fingerprint density at radius 2 is 2.31 bits per heavy atom. The molecule has 0 saturated heterocycles. The first-order valence-electron chi connectivity index (χ1n) is 4.49. The highest BCUT2D eigenvalue weighted by Gasteiger charge is 2.15. The van der Waals surface area contributed by atoms with Crippen molar-refractivity contribution in [2.75, 3.05) is 7.11 Å². The molecule has 0 aliphatic carbocycles. The lowest BCUT2D eigenvalue weighted by Gasteiger charge is -2.03. The molecule has 0 aliphatic rings. The van der Waals surface area contributed by atoms with Crippen molar-refractivity contribution in [1.29, 1.82) is 0 Å². The maximum absolute atomic E-state index is 13.6. The molecule has 0 atom stereocenters. The van der Waals surface area contributed by atoms with E-state index in [1.807, 2.05) is 0 Å². The van der Waals surface area contributed by atoms with Crippen LogP contribution < -0.4 is 4.74 Å². The zero-order valence-electron chi connectivity index (χ0n) is 8.44. The van der Waals surface area contributed by atoms with E-state index in [2.05, 4.69) is 4.98 Å². The number of hydrogen-bond donors (Lipinski definition) is 0. The molecule has 2 rings (SSSR count). The van der Waals surface area contributed by atoms with E-state index in [0.29, 0.717) is 10.6 Å². The molecule has 0 fully saturated rings. The van der Waals surface area contributed by atoms with Gasteiger partial charge >= 0.3 is 0 Å². The lowest BCUT2D eigenvalue weighted by molar-refractivity contribution is 0.103. The van der Waals surface area contributed by atoms with Crippen molar-refractivity contribution in [2.45, 2.75) is 0 Å². The fourth-order valence-electron chi connectivity index (χ4n) is 1.27. The number of ether oxygens (including phenoxy) is 1. The average Bonchev–Trinajstić information content (AvgIpc) is 2.81. The third-order valence-corrected chi connectivity index (χ3v) is 2.85. The summed E-state index contributed by atoms with van der Waals surface area (Å²) in [5.41, 5.74) is 1.57. The standard InChI is InChI=1S/C11H8FNO2S/c1-15-7-2-3-8(9(12)4-7)11(14)10-5-13-6-16-10/h2-6H,1H3. The lowest BCUT2D eigenvalue weighted by Crippen LogP contribution is -2.02. The van der Waals surface area contributed by atoms with Gasteiger partial charge in [0.25, 0.3) is 0 Å². The van der Waals surface area contributed by atoms with Crippen LogP contribution >= 0.6 is 11.3 Å². The normalized spacial score (nSPS) is 10.1. The second-order valence-corrected chi connectivity index (χ2v) is 3.93. The summed E-state index contributed by atoms with van der Waals surface area (Å²) < 4.78 is 18.4. The Balaban J connectivity index is 2.38. The van der Waals surface area contributed by atoms with Gasteiger partial charge in [0.15, 0.2) is 0 Å². The number of thiazole rings is 1. The highest BCUT2D eigenvalue weighted by molar-refractivity contribution is 7.11. The molecule has 1 aromatic heterocycles. The van der Waals surface area contributed by atoms with Crippen LogP contribution in [-0.2, 0) is 0 Å². The minimum Gasteiger partial charge on any atom is -0.497 e. The Kier molecular flexibility index (Phi) is 2.96. The van der Waals surface area contributed by atoms with Crippen LogP contribution in [0.1, 0.15) is 15.2 Å². The fourth-order valence-corrected chi connectivity index (χ4v) is 1.84. The molecule has 0 aliphatic heterocycles. The van der Waals surface area contributed by atoms with Crippen LogP contribution in [-0.4, -0.2) is 17.9 Å². The topological polar surface area (TPSA) is 39.2 Å². The van der Waals surface area contributed by atoms with E-state index in [1.165, 1.54) is 42.3 Å². The molecule has 82 valence electrons. The molecular weight excluding hydrogens is 229 g/mol. The Labute approximate surface area is 95.5 Å². The van der Waals surface area contributed by atoms with E-state index in [4.69, 9.17) is 4.74 Å². The molecule has 2 aromatic rings. The van der Waals surface area contributed by atoms with Crippen LogP contribution in [0.3, 0.4) is 0 Å². The minimum absolute atomic E-state index is 0.0325. The molecule has 0 spiro atoms. The van der Waals surface area contributed by atoms with Gasteiger partial charge in [0.2, 0.25) is 5.78 Å². The summed E-state index contributed by atoms with van der Waals surface area (Å²) in [6.45, 7) is 0. The number of rotatable bonds is 3. The first-order valence-corrected chi connectivity index (χ1v) is 5.37. The maximum atomic E-state index is 13.6. The smallest absolute Gasteiger partial charge is 0.207 e. The summed E-state index contributed by atoms with van der Waals surface area (Å²) in [5.74, 6) is -0.557. The van der Waals surface area contributed by atoms with Gasteiger partial charge < -0.3 is 4.74 Å². The molecule has 0 unspecified atom stereocenters. The van der Waals surface area contributed by atoms with Gasteiger partial charge in [-0.1, -0.05) is 0 Å². The van der Waals surface area contributed by atoms with Crippen molar-refractivity contribution in [3.8, 4) is 5.75 Å². The number of benzene rings is 1. The van der Waals surface area contributed by atoms with Crippen molar-refractivity contribution in [3.05, 3.63) is 46.2 Å². The quantitative estimate of drug-likeness (QED) is 0.770. The predicted octanol–water partition coefficient (Wildman–Crippen LogP) is 2.52. The molecule has 0 radical (unpaired) electrons. The van der Waals surface area contributed by atoms with Gasteiger partial charge in [-0.3, -0.25) is 9.78 Å². The maximum Gasteiger partial charge on any atom is 0.207 e. The van der Waals surface area contributed by atoms with Crippen molar-refractivity contribution in [1.82, 2.24) is 4.98 Å². The summed E-state index contributed by atoms with van der Waals surface area (Å²) >= 11 is 1.19. The summed E-state index contributed by atoms with van der Waals surface area (Å²) in [5, 5.41) is 0. The number of hydrogen-bond acceptors (Lipinski definition) is 4. The van der Waals surface area contributed by atoms with Crippen LogP contribution in [0, 0.1) is 5.82 Å². The molecule has 1 heterocycles. The fraction of sp³-hybridized carbons (Fsp3) is 0.0909. The Hall–Kier alpha value is -1.75. The Morgan fingerprint density at radius 3 is 2.88 bits per heavy atom. The van der Waals surface area contributed by atoms with Gasteiger partial charge in [-0.2, -0.15) is 0 Å². The van der Waals surface area contributed by atoms with E-state index in [9.17, 15) is 9.18 Å². The highest BCUT2D eigenvalue weighted by Crippen LogP contribution is 2.20. The van der Waals surface area contributed by atoms with Gasteiger partial charge in [-0.15, -0.1) is 11.3 Å². The molecule has 1 aromatic carbocycles. The SMILES string of the molecule is COc1ccc(C(=O)c2cncs2)c(F)c1. The molecule has 3 nitrogen and oxygen atoms in total. The molecule has 0 N–H and O–H groups in total. The van der Waals surface area contributed by atoms with Gasteiger partial charge in [0.05, 0.1) is 23.1 Å². The Morgan fingerprint density at radius 1 is 1.50 bits per heavy atom. The van der Waals surface area contributed by atoms with Gasteiger partial charge in [0.1, 0.15) is 11.6 Å². The number of ketones is 1. The zero-order chi connectivity index (χ0) is 11.5. The second kappa shape index (κ2) is 4.40. The summed E-state index contributed by atoms with van der Waals surface area (Å²) in [6, 6.07) is 4.15. The first kappa shape index (κ1) is 10.8.